The lowest BCUT2D eigenvalue weighted by Gasteiger charge is -2.19. The van der Waals surface area contributed by atoms with Gasteiger partial charge >= 0.3 is 0 Å². The molecule has 2 aromatic carbocycles. The van der Waals surface area contributed by atoms with E-state index in [1.807, 2.05) is 43.4 Å². The van der Waals surface area contributed by atoms with Gasteiger partial charge in [0.25, 0.3) is 0 Å². The first-order valence-electron chi connectivity index (χ1n) is 6.90. The van der Waals surface area contributed by atoms with E-state index >= 15 is 0 Å². The molecule has 4 nitrogen and oxygen atoms in total. The fourth-order valence-corrected chi connectivity index (χ4v) is 2.67. The minimum absolute atomic E-state index is 0.00884. The normalized spacial score (nSPS) is 11.0. The van der Waals surface area contributed by atoms with E-state index in [1.165, 1.54) is 0 Å². The number of aryl methyl sites for hydroxylation is 1. The van der Waals surface area contributed by atoms with Gasteiger partial charge in [0.1, 0.15) is 5.69 Å². The van der Waals surface area contributed by atoms with Crippen LogP contribution in [-0.2, 0) is 13.7 Å². The monoisotopic (exact) mass is 279 g/mol. The second kappa shape index (κ2) is 5.89. The Labute approximate surface area is 123 Å². The molecule has 0 fully saturated rings. The zero-order valence-electron chi connectivity index (χ0n) is 11.8. The number of rotatable bonds is 4. The molecule has 1 heterocycles. The highest BCUT2D eigenvalue weighted by atomic mass is 16.3. The molecule has 1 N–H and O–H groups in total. The van der Waals surface area contributed by atoms with Gasteiger partial charge in [-0.3, -0.25) is 4.68 Å². The van der Waals surface area contributed by atoms with Gasteiger partial charge in [-0.05, 0) is 11.1 Å². The lowest BCUT2D eigenvalue weighted by molar-refractivity contribution is 0.275. The Morgan fingerprint density at radius 3 is 1.95 bits per heavy atom. The molecule has 0 radical (unpaired) electrons. The maximum Gasteiger partial charge on any atom is 0.112 e. The largest absolute Gasteiger partial charge is 0.390 e. The summed E-state index contributed by atoms with van der Waals surface area (Å²) in [5.74, 6) is 0.00884. The van der Waals surface area contributed by atoms with Gasteiger partial charge in [-0.25, -0.2) is 0 Å². The molecule has 3 aromatic rings. The molecular weight excluding hydrogens is 262 g/mol. The molecule has 0 bridgehead atoms. The van der Waals surface area contributed by atoms with Crippen LogP contribution in [0, 0.1) is 0 Å². The Morgan fingerprint density at radius 1 is 0.952 bits per heavy atom. The van der Waals surface area contributed by atoms with Crippen molar-refractivity contribution in [2.75, 3.05) is 0 Å². The van der Waals surface area contributed by atoms with Crippen molar-refractivity contribution < 1.29 is 5.11 Å². The predicted octanol–water partition coefficient (Wildman–Crippen LogP) is 2.49. The molecule has 0 aliphatic heterocycles. The van der Waals surface area contributed by atoms with Crippen molar-refractivity contribution in [1.82, 2.24) is 15.0 Å². The predicted molar refractivity (Wildman–Crippen MR) is 80.8 cm³/mol. The minimum Gasteiger partial charge on any atom is -0.390 e. The van der Waals surface area contributed by atoms with E-state index in [4.69, 9.17) is 0 Å². The van der Waals surface area contributed by atoms with Gasteiger partial charge in [-0.15, -0.1) is 5.10 Å². The third kappa shape index (κ3) is 2.58. The molecule has 4 heteroatoms. The summed E-state index contributed by atoms with van der Waals surface area (Å²) in [7, 11) is 1.86. The Kier molecular flexibility index (Phi) is 3.79. The molecule has 0 aliphatic rings. The summed E-state index contributed by atoms with van der Waals surface area (Å²) in [5.41, 5.74) is 3.86. The Morgan fingerprint density at radius 2 is 1.48 bits per heavy atom. The zero-order chi connectivity index (χ0) is 14.7. The smallest absolute Gasteiger partial charge is 0.112 e. The van der Waals surface area contributed by atoms with Crippen LogP contribution < -0.4 is 0 Å². The maximum atomic E-state index is 9.56. The van der Waals surface area contributed by atoms with Crippen LogP contribution in [0.2, 0.25) is 0 Å². The van der Waals surface area contributed by atoms with Crippen LogP contribution >= 0.6 is 0 Å². The van der Waals surface area contributed by atoms with E-state index in [-0.39, 0.29) is 12.5 Å². The highest BCUT2D eigenvalue weighted by Crippen LogP contribution is 2.32. The number of aliphatic hydroxyl groups is 1. The highest BCUT2D eigenvalue weighted by Gasteiger charge is 2.24. The number of hydrogen-bond acceptors (Lipinski definition) is 3. The molecule has 0 spiro atoms. The van der Waals surface area contributed by atoms with Crippen LogP contribution in [0.3, 0.4) is 0 Å². The fourth-order valence-electron chi connectivity index (χ4n) is 2.67. The van der Waals surface area contributed by atoms with Crippen LogP contribution in [0.1, 0.15) is 28.4 Å². The Balaban J connectivity index is 2.20. The van der Waals surface area contributed by atoms with Crippen LogP contribution in [0.25, 0.3) is 0 Å². The Hall–Kier alpha value is -2.46. The number of hydrogen-bond donors (Lipinski definition) is 1. The van der Waals surface area contributed by atoms with Crippen molar-refractivity contribution in [3.05, 3.63) is 83.2 Å². The second-order valence-electron chi connectivity index (χ2n) is 4.96. The number of aliphatic hydroxyl groups excluding tert-OH is 1. The van der Waals surface area contributed by atoms with E-state index in [0.29, 0.717) is 5.69 Å². The quantitative estimate of drug-likeness (QED) is 0.798. The molecule has 106 valence electrons. The first kappa shape index (κ1) is 13.5. The summed E-state index contributed by atoms with van der Waals surface area (Å²) < 4.78 is 1.75. The van der Waals surface area contributed by atoms with Crippen molar-refractivity contribution in [3.8, 4) is 0 Å². The molecule has 0 saturated carbocycles. The average molecular weight is 279 g/mol. The van der Waals surface area contributed by atoms with Gasteiger partial charge in [0.05, 0.1) is 18.2 Å². The SMILES string of the molecule is Cn1nnc(CO)c1C(c1ccccc1)c1ccccc1. The molecule has 0 saturated heterocycles. The fraction of sp³-hybridized carbons (Fsp3) is 0.176. The third-order valence-electron chi connectivity index (χ3n) is 3.63. The summed E-state index contributed by atoms with van der Waals surface area (Å²) in [6, 6.07) is 20.4. The minimum atomic E-state index is -0.112. The van der Waals surface area contributed by atoms with Crippen molar-refractivity contribution in [2.24, 2.45) is 7.05 Å². The lowest BCUT2D eigenvalue weighted by atomic mass is 9.87. The van der Waals surface area contributed by atoms with Crippen LogP contribution in [0.5, 0.6) is 0 Å². The van der Waals surface area contributed by atoms with Crippen LogP contribution in [-0.4, -0.2) is 20.1 Å². The van der Waals surface area contributed by atoms with Crippen molar-refractivity contribution in [3.63, 3.8) is 0 Å². The summed E-state index contributed by atoms with van der Waals surface area (Å²) in [5, 5.41) is 17.7. The topological polar surface area (TPSA) is 50.9 Å². The molecule has 21 heavy (non-hydrogen) atoms. The zero-order valence-corrected chi connectivity index (χ0v) is 11.8. The number of aromatic nitrogens is 3. The second-order valence-corrected chi connectivity index (χ2v) is 4.96. The maximum absolute atomic E-state index is 9.56. The average Bonchev–Trinajstić information content (AvgIpc) is 2.91. The summed E-state index contributed by atoms with van der Waals surface area (Å²) >= 11 is 0. The molecule has 0 atom stereocenters. The van der Waals surface area contributed by atoms with Gasteiger partial charge < -0.3 is 5.11 Å². The lowest BCUT2D eigenvalue weighted by Crippen LogP contribution is -2.11. The molecule has 0 unspecified atom stereocenters. The van der Waals surface area contributed by atoms with Crippen molar-refractivity contribution in [1.29, 1.82) is 0 Å². The summed E-state index contributed by atoms with van der Waals surface area (Å²) in [6.45, 7) is -0.112. The van der Waals surface area contributed by atoms with Gasteiger partial charge in [-0.1, -0.05) is 65.9 Å². The van der Waals surface area contributed by atoms with E-state index in [1.54, 1.807) is 4.68 Å². The van der Waals surface area contributed by atoms with Crippen LogP contribution in [0.4, 0.5) is 0 Å². The van der Waals surface area contributed by atoms with Gasteiger partial charge in [0.2, 0.25) is 0 Å². The molecule has 0 amide bonds. The van der Waals surface area contributed by atoms with Crippen molar-refractivity contribution >= 4 is 0 Å². The Bertz CT molecular complexity index is 668. The number of benzene rings is 2. The third-order valence-corrected chi connectivity index (χ3v) is 3.63. The summed E-state index contributed by atoms with van der Waals surface area (Å²) in [6.07, 6.45) is 0. The molecule has 3 rings (SSSR count). The van der Waals surface area contributed by atoms with E-state index in [9.17, 15) is 5.11 Å². The standard InChI is InChI=1S/C17H17N3O/c1-20-17(15(12-21)18-19-20)16(13-8-4-2-5-9-13)14-10-6-3-7-11-14/h2-11,16,21H,12H2,1H3. The molecule has 0 aliphatic carbocycles. The van der Waals surface area contributed by atoms with Gasteiger partial charge in [0, 0.05) is 7.05 Å². The molecular formula is C17H17N3O. The summed E-state index contributed by atoms with van der Waals surface area (Å²) in [4.78, 5) is 0. The highest BCUT2D eigenvalue weighted by molar-refractivity contribution is 5.41. The van der Waals surface area contributed by atoms with E-state index < -0.39 is 0 Å². The molecule has 1 aromatic heterocycles. The van der Waals surface area contributed by atoms with Crippen molar-refractivity contribution in [2.45, 2.75) is 12.5 Å². The van der Waals surface area contributed by atoms with E-state index in [2.05, 4.69) is 34.6 Å². The van der Waals surface area contributed by atoms with E-state index in [0.717, 1.165) is 16.8 Å². The first-order chi connectivity index (χ1) is 10.3. The first-order valence-corrected chi connectivity index (χ1v) is 6.90. The van der Waals surface area contributed by atoms with Gasteiger partial charge in [-0.2, -0.15) is 0 Å². The van der Waals surface area contributed by atoms with Crippen LogP contribution in [0.15, 0.2) is 60.7 Å². The van der Waals surface area contributed by atoms with Gasteiger partial charge in [0.15, 0.2) is 0 Å². The number of nitrogens with zero attached hydrogens (tertiary/aromatic N) is 3.